The second kappa shape index (κ2) is 5.33. The zero-order valence-corrected chi connectivity index (χ0v) is 10.2. The molecule has 0 N–H and O–H groups in total. The smallest absolute Gasteiger partial charge is 0.230 e. The molecule has 2 heterocycles. The molecule has 2 rings (SSSR count). The molecular weight excluding hydrogens is 216 g/mol. The summed E-state index contributed by atoms with van der Waals surface area (Å²) >= 11 is 0. The Hall–Kier alpha value is -1.34. The summed E-state index contributed by atoms with van der Waals surface area (Å²) in [5.74, 6) is 5.91. The van der Waals surface area contributed by atoms with Gasteiger partial charge in [0.15, 0.2) is 0 Å². The van der Waals surface area contributed by atoms with Crippen molar-refractivity contribution in [3.8, 4) is 11.8 Å². The van der Waals surface area contributed by atoms with Crippen LogP contribution in [-0.4, -0.2) is 47.3 Å². The monoisotopic (exact) mass is 234 g/mol. The third-order valence-corrected chi connectivity index (χ3v) is 3.29. The van der Waals surface area contributed by atoms with E-state index in [2.05, 4.69) is 16.7 Å². The molecule has 0 bridgehead atoms. The van der Waals surface area contributed by atoms with Gasteiger partial charge in [-0.2, -0.15) is 0 Å². The van der Waals surface area contributed by atoms with E-state index in [1.165, 1.54) is 17.7 Å². The van der Waals surface area contributed by atoms with Crippen LogP contribution in [-0.2, 0) is 9.59 Å². The summed E-state index contributed by atoms with van der Waals surface area (Å²) in [6.45, 7) is 4.80. The lowest BCUT2D eigenvalue weighted by Crippen LogP contribution is -2.36. The molecule has 2 amide bonds. The van der Waals surface area contributed by atoms with Crippen LogP contribution >= 0.6 is 0 Å². The van der Waals surface area contributed by atoms with Crippen molar-refractivity contribution in [1.29, 1.82) is 0 Å². The largest absolute Gasteiger partial charge is 0.292 e. The van der Waals surface area contributed by atoms with Gasteiger partial charge in [-0.1, -0.05) is 11.8 Å². The van der Waals surface area contributed by atoms with Crippen molar-refractivity contribution < 1.29 is 9.59 Å². The molecule has 92 valence electrons. The third kappa shape index (κ3) is 2.86. The summed E-state index contributed by atoms with van der Waals surface area (Å²) in [6.07, 6.45) is 3.19. The Morgan fingerprint density at radius 2 is 1.76 bits per heavy atom. The van der Waals surface area contributed by atoms with E-state index < -0.39 is 0 Å². The highest BCUT2D eigenvalue weighted by Crippen LogP contribution is 2.14. The average Bonchev–Trinajstić information content (AvgIpc) is 2.89. The molecule has 0 saturated carbocycles. The van der Waals surface area contributed by atoms with Gasteiger partial charge < -0.3 is 0 Å². The van der Waals surface area contributed by atoms with E-state index in [1.807, 2.05) is 6.92 Å². The molecule has 0 unspecified atom stereocenters. The van der Waals surface area contributed by atoms with E-state index in [9.17, 15) is 9.59 Å². The van der Waals surface area contributed by atoms with Crippen LogP contribution in [0.25, 0.3) is 0 Å². The Morgan fingerprint density at radius 1 is 1.18 bits per heavy atom. The van der Waals surface area contributed by atoms with Gasteiger partial charge in [-0.25, -0.2) is 0 Å². The summed E-state index contributed by atoms with van der Waals surface area (Å²) < 4.78 is 0. The molecule has 0 radical (unpaired) electrons. The van der Waals surface area contributed by atoms with Crippen molar-refractivity contribution in [2.24, 2.45) is 0 Å². The van der Waals surface area contributed by atoms with E-state index in [4.69, 9.17) is 0 Å². The van der Waals surface area contributed by atoms with E-state index in [0.717, 1.165) is 19.6 Å². The molecule has 4 heteroatoms. The zero-order valence-electron chi connectivity index (χ0n) is 10.2. The minimum absolute atomic E-state index is 0.0852. The fourth-order valence-electron chi connectivity index (χ4n) is 2.34. The molecule has 0 aromatic carbocycles. The van der Waals surface area contributed by atoms with Crippen molar-refractivity contribution in [2.75, 3.05) is 19.6 Å². The molecule has 2 aliphatic rings. The Balaban J connectivity index is 1.87. The fourth-order valence-corrected chi connectivity index (χ4v) is 2.34. The Bertz CT molecular complexity index is 359. The highest BCUT2D eigenvalue weighted by molar-refractivity contribution is 6.02. The number of nitrogens with zero attached hydrogens (tertiary/aromatic N) is 2. The van der Waals surface area contributed by atoms with Crippen LogP contribution in [0.3, 0.4) is 0 Å². The van der Waals surface area contributed by atoms with Crippen LogP contribution in [0.5, 0.6) is 0 Å². The van der Waals surface area contributed by atoms with Gasteiger partial charge in [-0.15, -0.1) is 0 Å². The lowest BCUT2D eigenvalue weighted by molar-refractivity contribution is -0.139. The summed E-state index contributed by atoms with van der Waals surface area (Å²) in [6, 6.07) is -0.278. The number of carbonyl (C=O) groups is 2. The van der Waals surface area contributed by atoms with E-state index in [1.54, 1.807) is 0 Å². The number of hydrogen-bond donors (Lipinski definition) is 0. The van der Waals surface area contributed by atoms with Crippen LogP contribution in [0.2, 0.25) is 0 Å². The average molecular weight is 234 g/mol. The molecule has 17 heavy (non-hydrogen) atoms. The number of amides is 2. The molecule has 0 aromatic rings. The molecular formula is C13H18N2O2. The number of rotatable bonds is 2. The van der Waals surface area contributed by atoms with Crippen molar-refractivity contribution in [2.45, 2.75) is 38.6 Å². The maximum atomic E-state index is 11.5. The van der Waals surface area contributed by atoms with Crippen LogP contribution in [0, 0.1) is 11.8 Å². The molecule has 4 nitrogen and oxygen atoms in total. The number of carbonyl (C=O) groups excluding carboxylic acids is 2. The van der Waals surface area contributed by atoms with Crippen molar-refractivity contribution >= 4 is 11.8 Å². The molecule has 2 saturated heterocycles. The molecule has 0 aliphatic carbocycles. The van der Waals surface area contributed by atoms with Gasteiger partial charge in [0.05, 0.1) is 12.6 Å². The number of likely N-dealkylation sites (tertiary alicyclic amines) is 2. The van der Waals surface area contributed by atoms with Crippen molar-refractivity contribution in [3.05, 3.63) is 0 Å². The Kier molecular flexibility index (Phi) is 3.80. The minimum Gasteiger partial charge on any atom is -0.292 e. The number of imide groups is 1. The Morgan fingerprint density at radius 3 is 2.35 bits per heavy atom. The highest BCUT2D eigenvalue weighted by Gasteiger charge is 2.31. The van der Waals surface area contributed by atoms with E-state index >= 15 is 0 Å². The van der Waals surface area contributed by atoms with Gasteiger partial charge in [0.2, 0.25) is 11.8 Å². The van der Waals surface area contributed by atoms with E-state index in [0.29, 0.717) is 12.8 Å². The van der Waals surface area contributed by atoms with Gasteiger partial charge in [0, 0.05) is 12.8 Å². The van der Waals surface area contributed by atoms with Crippen LogP contribution in [0.1, 0.15) is 32.6 Å². The lowest BCUT2D eigenvalue weighted by Gasteiger charge is -2.17. The van der Waals surface area contributed by atoms with Crippen LogP contribution in [0.15, 0.2) is 0 Å². The predicted octanol–water partition coefficient (Wildman–Crippen LogP) is 0.623. The molecule has 2 aliphatic heterocycles. The van der Waals surface area contributed by atoms with Crippen molar-refractivity contribution in [1.82, 2.24) is 9.80 Å². The summed E-state index contributed by atoms with van der Waals surface area (Å²) in [4.78, 5) is 26.5. The topological polar surface area (TPSA) is 40.6 Å². The van der Waals surface area contributed by atoms with Gasteiger partial charge >= 0.3 is 0 Å². The van der Waals surface area contributed by atoms with E-state index in [-0.39, 0.29) is 17.9 Å². The standard InChI is InChI=1S/C13H18N2O2/c1-11(15-12(16)6-7-13(15)17)5-4-10-14-8-2-3-9-14/h11H,2-3,6-10H2,1H3/t11-/m0/s1. The normalized spacial score (nSPS) is 22.8. The second-order valence-electron chi connectivity index (χ2n) is 4.64. The predicted molar refractivity (Wildman–Crippen MR) is 64.0 cm³/mol. The van der Waals surface area contributed by atoms with Gasteiger partial charge in [-0.3, -0.25) is 19.4 Å². The number of hydrogen-bond acceptors (Lipinski definition) is 3. The summed E-state index contributed by atoms with van der Waals surface area (Å²) in [7, 11) is 0. The molecule has 0 spiro atoms. The first kappa shape index (κ1) is 12.1. The lowest BCUT2D eigenvalue weighted by atomic mass is 10.3. The van der Waals surface area contributed by atoms with Crippen molar-refractivity contribution in [3.63, 3.8) is 0 Å². The first-order chi connectivity index (χ1) is 8.18. The SMILES string of the molecule is C[C@@H](C#CCN1CCCC1)N1C(=O)CCC1=O. The minimum atomic E-state index is -0.278. The van der Waals surface area contributed by atoms with Gasteiger partial charge in [-0.05, 0) is 32.9 Å². The molecule has 1 atom stereocenters. The molecule has 0 aromatic heterocycles. The second-order valence-corrected chi connectivity index (χ2v) is 4.64. The fraction of sp³-hybridized carbons (Fsp3) is 0.692. The van der Waals surface area contributed by atoms with Crippen LogP contribution < -0.4 is 0 Å². The zero-order chi connectivity index (χ0) is 12.3. The van der Waals surface area contributed by atoms with Crippen LogP contribution in [0.4, 0.5) is 0 Å². The third-order valence-electron chi connectivity index (χ3n) is 3.29. The quantitative estimate of drug-likeness (QED) is 0.519. The first-order valence-electron chi connectivity index (χ1n) is 6.24. The summed E-state index contributed by atoms with van der Waals surface area (Å²) in [5, 5.41) is 0. The maximum absolute atomic E-state index is 11.5. The molecule has 2 fully saturated rings. The van der Waals surface area contributed by atoms with Gasteiger partial charge in [0.1, 0.15) is 0 Å². The summed E-state index contributed by atoms with van der Waals surface area (Å²) in [5.41, 5.74) is 0. The highest BCUT2D eigenvalue weighted by atomic mass is 16.2. The first-order valence-corrected chi connectivity index (χ1v) is 6.24. The maximum Gasteiger partial charge on any atom is 0.230 e. The van der Waals surface area contributed by atoms with Gasteiger partial charge in [0.25, 0.3) is 0 Å². The Labute approximate surface area is 102 Å².